The van der Waals surface area contributed by atoms with E-state index >= 15 is 0 Å². The molecule has 0 amide bonds. The first kappa shape index (κ1) is 14.2. The van der Waals surface area contributed by atoms with Crippen LogP contribution in [0.25, 0.3) is 31.4 Å². The van der Waals surface area contributed by atoms with Crippen LogP contribution in [-0.4, -0.2) is 4.98 Å². The highest BCUT2D eigenvalue weighted by molar-refractivity contribution is 7.26. The number of nitrogens with zero attached hydrogens (tertiary/aromatic N) is 1. The molecule has 0 aliphatic carbocycles. The number of benzene rings is 2. The Morgan fingerprint density at radius 3 is 2.48 bits per heavy atom. The molecule has 0 spiro atoms. The second-order valence-corrected chi connectivity index (χ2v) is 6.26. The van der Waals surface area contributed by atoms with Crippen molar-refractivity contribution in [3.05, 3.63) is 66.4 Å². The fourth-order valence-electron chi connectivity index (χ4n) is 2.70. The number of alkyl halides is 3. The molecule has 0 fully saturated rings. The molecule has 0 aliphatic rings. The predicted octanol–water partition coefficient (Wildman–Crippen LogP) is 6.14. The van der Waals surface area contributed by atoms with Crippen molar-refractivity contribution in [1.82, 2.24) is 4.98 Å². The van der Waals surface area contributed by atoms with Gasteiger partial charge in [-0.15, -0.1) is 11.3 Å². The molecule has 5 heteroatoms. The molecular weight excluding hydrogens is 319 g/mol. The highest BCUT2D eigenvalue weighted by Crippen LogP contribution is 2.41. The Morgan fingerprint density at radius 2 is 1.74 bits per heavy atom. The van der Waals surface area contributed by atoms with Crippen molar-refractivity contribution in [3.63, 3.8) is 0 Å². The van der Waals surface area contributed by atoms with Crippen LogP contribution in [0, 0.1) is 0 Å². The molecule has 0 atom stereocenters. The SMILES string of the molecule is FC(F)(F)c1ccc2sc3c(-c4ccccn4)cccc3c2c1. The van der Waals surface area contributed by atoms with Gasteiger partial charge in [-0.3, -0.25) is 4.98 Å². The summed E-state index contributed by atoms with van der Waals surface area (Å²) < 4.78 is 40.7. The molecule has 0 radical (unpaired) electrons. The van der Waals surface area contributed by atoms with Crippen LogP contribution in [-0.2, 0) is 6.18 Å². The number of rotatable bonds is 1. The van der Waals surface area contributed by atoms with Gasteiger partial charge < -0.3 is 0 Å². The summed E-state index contributed by atoms with van der Waals surface area (Å²) in [5, 5.41) is 1.47. The molecule has 0 saturated carbocycles. The van der Waals surface area contributed by atoms with E-state index in [0.29, 0.717) is 5.39 Å². The van der Waals surface area contributed by atoms with Gasteiger partial charge in [-0.2, -0.15) is 13.2 Å². The largest absolute Gasteiger partial charge is 0.416 e. The van der Waals surface area contributed by atoms with E-state index in [2.05, 4.69) is 4.98 Å². The van der Waals surface area contributed by atoms with Crippen LogP contribution in [0.1, 0.15) is 5.56 Å². The molecule has 0 unspecified atom stereocenters. The van der Waals surface area contributed by atoms with Crippen LogP contribution in [0.5, 0.6) is 0 Å². The third-order valence-corrected chi connectivity index (χ3v) is 4.98. The molecule has 2 heterocycles. The lowest BCUT2D eigenvalue weighted by atomic mass is 10.1. The number of aromatic nitrogens is 1. The maximum absolute atomic E-state index is 13.0. The summed E-state index contributed by atoms with van der Waals surface area (Å²) in [4.78, 5) is 4.35. The van der Waals surface area contributed by atoms with Crippen molar-refractivity contribution in [2.24, 2.45) is 0 Å². The van der Waals surface area contributed by atoms with Gasteiger partial charge in [0.15, 0.2) is 0 Å². The van der Waals surface area contributed by atoms with Crippen LogP contribution in [0.4, 0.5) is 13.2 Å². The second kappa shape index (κ2) is 5.06. The first-order valence-electron chi connectivity index (χ1n) is 6.98. The summed E-state index contributed by atoms with van der Waals surface area (Å²) >= 11 is 1.50. The Balaban J connectivity index is 2.03. The van der Waals surface area contributed by atoms with E-state index in [9.17, 15) is 13.2 Å². The first-order valence-corrected chi connectivity index (χ1v) is 7.79. The lowest BCUT2D eigenvalue weighted by Crippen LogP contribution is -2.03. The minimum atomic E-state index is -4.33. The third kappa shape index (κ3) is 2.37. The first-order chi connectivity index (χ1) is 11.0. The van der Waals surface area contributed by atoms with Crippen molar-refractivity contribution in [3.8, 4) is 11.3 Å². The smallest absolute Gasteiger partial charge is 0.256 e. The maximum Gasteiger partial charge on any atom is 0.416 e. The van der Waals surface area contributed by atoms with E-state index in [4.69, 9.17) is 0 Å². The molecular formula is C18H10F3NS. The zero-order valence-corrected chi connectivity index (χ0v) is 12.6. The zero-order valence-electron chi connectivity index (χ0n) is 11.8. The Bertz CT molecular complexity index is 1000. The topological polar surface area (TPSA) is 12.9 Å². The van der Waals surface area contributed by atoms with Gasteiger partial charge in [0, 0.05) is 31.9 Å². The minimum absolute atomic E-state index is 0.618. The summed E-state index contributed by atoms with van der Waals surface area (Å²) in [5.74, 6) is 0. The standard InChI is InChI=1S/C18H10F3NS/c19-18(20,21)11-7-8-16-14(10-11)12-4-3-5-13(17(12)23-16)15-6-1-2-9-22-15/h1-10H. The summed E-state index contributed by atoms with van der Waals surface area (Å²) in [6.45, 7) is 0. The molecule has 0 saturated heterocycles. The van der Waals surface area contributed by atoms with E-state index in [-0.39, 0.29) is 0 Å². The number of hydrogen-bond acceptors (Lipinski definition) is 2. The molecule has 2 aromatic carbocycles. The normalized spacial score (nSPS) is 12.1. The maximum atomic E-state index is 13.0. The zero-order chi connectivity index (χ0) is 16.0. The highest BCUT2D eigenvalue weighted by atomic mass is 32.1. The van der Waals surface area contributed by atoms with E-state index in [1.807, 2.05) is 36.4 Å². The van der Waals surface area contributed by atoms with Crippen molar-refractivity contribution >= 4 is 31.5 Å². The minimum Gasteiger partial charge on any atom is -0.256 e. The van der Waals surface area contributed by atoms with Crippen LogP contribution in [0.3, 0.4) is 0 Å². The van der Waals surface area contributed by atoms with Crippen LogP contribution >= 0.6 is 11.3 Å². The Labute approximate surface area is 134 Å². The summed E-state index contributed by atoms with van der Waals surface area (Å²) in [7, 11) is 0. The Kier molecular flexibility index (Phi) is 3.13. The summed E-state index contributed by atoms with van der Waals surface area (Å²) in [5.41, 5.74) is 1.14. The summed E-state index contributed by atoms with van der Waals surface area (Å²) in [6.07, 6.45) is -2.62. The molecule has 4 rings (SSSR count). The molecule has 4 aromatic rings. The van der Waals surface area contributed by atoms with E-state index < -0.39 is 11.7 Å². The van der Waals surface area contributed by atoms with Gasteiger partial charge in [-0.1, -0.05) is 24.3 Å². The number of fused-ring (bicyclic) bond motifs is 3. The van der Waals surface area contributed by atoms with Crippen LogP contribution in [0.2, 0.25) is 0 Å². The Hall–Kier alpha value is -2.40. The van der Waals surface area contributed by atoms with Crippen LogP contribution in [0.15, 0.2) is 60.8 Å². The third-order valence-electron chi connectivity index (χ3n) is 3.76. The molecule has 1 nitrogen and oxygen atoms in total. The lowest BCUT2D eigenvalue weighted by Gasteiger charge is -2.06. The van der Waals surface area contributed by atoms with Crippen molar-refractivity contribution < 1.29 is 13.2 Å². The van der Waals surface area contributed by atoms with Crippen molar-refractivity contribution in [2.45, 2.75) is 6.18 Å². The highest BCUT2D eigenvalue weighted by Gasteiger charge is 2.30. The van der Waals surface area contributed by atoms with Gasteiger partial charge in [-0.05, 0) is 30.3 Å². The van der Waals surface area contributed by atoms with Gasteiger partial charge >= 0.3 is 6.18 Å². The van der Waals surface area contributed by atoms with Gasteiger partial charge in [-0.25, -0.2) is 0 Å². The van der Waals surface area contributed by atoms with Crippen LogP contribution < -0.4 is 0 Å². The fraction of sp³-hybridized carbons (Fsp3) is 0.0556. The average Bonchev–Trinajstić information content (AvgIpc) is 2.92. The van der Waals surface area contributed by atoms with Crippen molar-refractivity contribution in [1.29, 1.82) is 0 Å². The predicted molar refractivity (Wildman–Crippen MR) is 87.6 cm³/mol. The van der Waals surface area contributed by atoms with E-state index in [1.165, 1.54) is 17.4 Å². The average molecular weight is 329 g/mol. The Morgan fingerprint density at radius 1 is 0.870 bits per heavy atom. The van der Waals surface area contributed by atoms with Gasteiger partial charge in [0.25, 0.3) is 0 Å². The van der Waals surface area contributed by atoms with Gasteiger partial charge in [0.05, 0.1) is 11.3 Å². The molecule has 0 bridgehead atoms. The quantitative estimate of drug-likeness (QED) is 0.409. The number of halogens is 3. The molecule has 23 heavy (non-hydrogen) atoms. The van der Waals surface area contributed by atoms with E-state index in [0.717, 1.165) is 32.1 Å². The number of thiophene rings is 1. The molecule has 0 aliphatic heterocycles. The monoisotopic (exact) mass is 329 g/mol. The summed E-state index contributed by atoms with van der Waals surface area (Å²) in [6, 6.07) is 15.2. The van der Waals surface area contributed by atoms with Crippen molar-refractivity contribution in [2.75, 3.05) is 0 Å². The van der Waals surface area contributed by atoms with Gasteiger partial charge in [0.2, 0.25) is 0 Å². The van der Waals surface area contributed by atoms with Gasteiger partial charge in [0.1, 0.15) is 0 Å². The molecule has 2 aromatic heterocycles. The second-order valence-electron chi connectivity index (χ2n) is 5.21. The molecule has 114 valence electrons. The number of hydrogen-bond donors (Lipinski definition) is 0. The lowest BCUT2D eigenvalue weighted by molar-refractivity contribution is -0.137. The molecule has 0 N–H and O–H groups in total. The number of pyridine rings is 1. The van der Waals surface area contributed by atoms with E-state index in [1.54, 1.807) is 12.3 Å². The fourth-order valence-corrected chi connectivity index (χ4v) is 3.90.